The van der Waals surface area contributed by atoms with Crippen molar-refractivity contribution in [3.63, 3.8) is 0 Å². The molecule has 0 spiro atoms. The molecule has 0 bridgehead atoms. The molecule has 0 saturated carbocycles. The summed E-state index contributed by atoms with van der Waals surface area (Å²) < 4.78 is 36.4. The lowest BCUT2D eigenvalue weighted by Gasteiger charge is -2.06. The highest BCUT2D eigenvalue weighted by Gasteiger charge is 2.35. The summed E-state index contributed by atoms with van der Waals surface area (Å²) in [6.45, 7) is 0. The van der Waals surface area contributed by atoms with Gasteiger partial charge in [0.2, 0.25) is 0 Å². The summed E-state index contributed by atoms with van der Waals surface area (Å²) in [5, 5.41) is 13.9. The third kappa shape index (κ3) is 1.87. The van der Waals surface area contributed by atoms with Crippen LogP contribution in [0.1, 0.15) is 11.1 Å². The summed E-state index contributed by atoms with van der Waals surface area (Å²) in [4.78, 5) is 0. The first-order valence-electron chi connectivity index (χ1n) is 2.95. The normalized spacial score (nSPS) is 11.0. The highest BCUT2D eigenvalue weighted by atomic mass is 35.5. The second-order valence-corrected chi connectivity index (χ2v) is 2.39. The van der Waals surface area contributed by atoms with Crippen molar-refractivity contribution in [2.45, 2.75) is 6.18 Å². The molecule has 1 aromatic heterocycles. The zero-order valence-electron chi connectivity index (χ0n) is 5.93. The van der Waals surface area contributed by atoms with E-state index in [1.807, 2.05) is 0 Å². The van der Waals surface area contributed by atoms with Gasteiger partial charge in [-0.05, 0) is 0 Å². The fraction of sp³-hybridized carbons (Fsp3) is 0.167. The van der Waals surface area contributed by atoms with Crippen LogP contribution < -0.4 is 0 Å². The number of rotatable bonds is 0. The highest BCUT2D eigenvalue weighted by Crippen LogP contribution is 2.32. The number of hydrogen-bond acceptors (Lipinski definition) is 3. The van der Waals surface area contributed by atoms with Gasteiger partial charge in [-0.3, -0.25) is 0 Å². The van der Waals surface area contributed by atoms with Gasteiger partial charge in [-0.2, -0.15) is 23.5 Å². The van der Waals surface area contributed by atoms with Crippen LogP contribution in [-0.2, 0) is 6.18 Å². The molecule has 13 heavy (non-hydrogen) atoms. The van der Waals surface area contributed by atoms with E-state index in [1.54, 1.807) is 0 Å². The molecule has 0 radical (unpaired) electrons. The minimum absolute atomic E-state index is 0.463. The van der Waals surface area contributed by atoms with E-state index in [0.717, 1.165) is 0 Å². The Morgan fingerprint density at radius 2 is 2.08 bits per heavy atom. The average molecular weight is 208 g/mol. The number of aromatic nitrogens is 2. The molecule has 0 N–H and O–H groups in total. The van der Waals surface area contributed by atoms with Crippen molar-refractivity contribution in [3.8, 4) is 6.07 Å². The van der Waals surface area contributed by atoms with E-state index in [1.165, 1.54) is 6.07 Å². The van der Waals surface area contributed by atoms with Crippen molar-refractivity contribution in [3.05, 3.63) is 22.5 Å². The molecule has 0 saturated heterocycles. The quantitative estimate of drug-likeness (QED) is 0.654. The lowest BCUT2D eigenvalue weighted by atomic mass is 10.2. The molecule has 0 aliphatic heterocycles. The standard InChI is InChI=1S/C6HClF3N3/c7-5-3(1-11)4(2-12-13-5)6(8,9)10/h2H. The predicted octanol–water partition coefficient (Wildman–Crippen LogP) is 2.02. The van der Waals surface area contributed by atoms with Crippen LogP contribution in [0.15, 0.2) is 6.20 Å². The summed E-state index contributed by atoms with van der Waals surface area (Å²) in [5.41, 5.74) is -1.88. The second-order valence-electron chi connectivity index (χ2n) is 2.03. The van der Waals surface area contributed by atoms with E-state index in [0.29, 0.717) is 6.20 Å². The summed E-state index contributed by atoms with van der Waals surface area (Å²) in [5.74, 6) is 0. The average Bonchev–Trinajstić information content (AvgIpc) is 2.02. The van der Waals surface area contributed by atoms with Crippen molar-refractivity contribution in [2.24, 2.45) is 0 Å². The van der Waals surface area contributed by atoms with Crippen LogP contribution in [0.3, 0.4) is 0 Å². The summed E-state index contributed by atoms with van der Waals surface area (Å²) in [7, 11) is 0. The molecule has 0 amide bonds. The smallest absolute Gasteiger partial charge is 0.192 e. The lowest BCUT2D eigenvalue weighted by Crippen LogP contribution is -2.09. The molecule has 7 heteroatoms. The van der Waals surface area contributed by atoms with Gasteiger partial charge in [-0.1, -0.05) is 11.6 Å². The van der Waals surface area contributed by atoms with Crippen LogP contribution in [-0.4, -0.2) is 10.2 Å². The van der Waals surface area contributed by atoms with E-state index < -0.39 is 22.5 Å². The Bertz CT molecular complexity index is 368. The Balaban J connectivity index is 3.40. The molecule has 0 aliphatic carbocycles. The van der Waals surface area contributed by atoms with Gasteiger partial charge in [-0.15, -0.1) is 5.10 Å². The van der Waals surface area contributed by atoms with E-state index in [2.05, 4.69) is 10.2 Å². The Hall–Kier alpha value is -1.35. The lowest BCUT2D eigenvalue weighted by molar-refractivity contribution is -0.138. The van der Waals surface area contributed by atoms with Gasteiger partial charge >= 0.3 is 6.18 Å². The first kappa shape index (κ1) is 9.74. The molecule has 68 valence electrons. The van der Waals surface area contributed by atoms with Crippen LogP contribution in [0.25, 0.3) is 0 Å². The van der Waals surface area contributed by atoms with Crippen molar-refractivity contribution in [1.29, 1.82) is 5.26 Å². The molecule has 0 atom stereocenters. The molecule has 1 rings (SSSR count). The first-order chi connectivity index (χ1) is 5.96. The van der Waals surface area contributed by atoms with Gasteiger partial charge in [-0.25, -0.2) is 0 Å². The van der Waals surface area contributed by atoms with E-state index in [4.69, 9.17) is 16.9 Å². The molecule has 1 aromatic rings. The molecule has 0 aliphatic rings. The maximum absolute atomic E-state index is 12.1. The highest BCUT2D eigenvalue weighted by molar-refractivity contribution is 6.30. The van der Waals surface area contributed by atoms with Crippen LogP contribution in [0.2, 0.25) is 5.15 Å². The Morgan fingerprint density at radius 1 is 1.46 bits per heavy atom. The van der Waals surface area contributed by atoms with Gasteiger partial charge in [0.1, 0.15) is 11.6 Å². The zero-order chi connectivity index (χ0) is 10.1. The number of alkyl halides is 3. The van der Waals surface area contributed by atoms with E-state index >= 15 is 0 Å². The molecular formula is C6HClF3N3. The van der Waals surface area contributed by atoms with Crippen LogP contribution in [0.4, 0.5) is 13.2 Å². The molecule has 1 heterocycles. The minimum atomic E-state index is -4.63. The summed E-state index contributed by atoms with van der Waals surface area (Å²) >= 11 is 5.24. The van der Waals surface area contributed by atoms with Crippen molar-refractivity contribution in [2.75, 3.05) is 0 Å². The van der Waals surface area contributed by atoms with Crippen LogP contribution in [0.5, 0.6) is 0 Å². The number of halogens is 4. The molecule has 3 nitrogen and oxygen atoms in total. The predicted molar refractivity (Wildman–Crippen MR) is 36.8 cm³/mol. The summed E-state index contributed by atoms with van der Waals surface area (Å²) in [6.07, 6.45) is -4.17. The Kier molecular flexibility index (Phi) is 2.38. The first-order valence-corrected chi connectivity index (χ1v) is 3.33. The van der Waals surface area contributed by atoms with Crippen molar-refractivity contribution < 1.29 is 13.2 Å². The van der Waals surface area contributed by atoms with Crippen LogP contribution in [0, 0.1) is 11.3 Å². The van der Waals surface area contributed by atoms with Gasteiger partial charge in [0.25, 0.3) is 0 Å². The fourth-order valence-electron chi connectivity index (χ4n) is 0.684. The third-order valence-corrected chi connectivity index (χ3v) is 1.49. The molecule has 0 unspecified atom stereocenters. The van der Waals surface area contributed by atoms with Crippen molar-refractivity contribution in [1.82, 2.24) is 10.2 Å². The SMILES string of the molecule is N#Cc1c(C(F)(F)F)cnnc1Cl. The molecule has 0 fully saturated rings. The second kappa shape index (κ2) is 3.18. The maximum Gasteiger partial charge on any atom is 0.419 e. The van der Waals surface area contributed by atoms with Gasteiger partial charge in [0, 0.05) is 0 Å². The number of hydrogen-bond donors (Lipinski definition) is 0. The largest absolute Gasteiger partial charge is 0.419 e. The Morgan fingerprint density at radius 3 is 2.46 bits per heavy atom. The van der Waals surface area contributed by atoms with Crippen LogP contribution >= 0.6 is 11.6 Å². The molecule has 0 aromatic carbocycles. The summed E-state index contributed by atoms with van der Waals surface area (Å²) in [6, 6.07) is 1.32. The Labute approximate surface area is 75.8 Å². The molecular weight excluding hydrogens is 207 g/mol. The topological polar surface area (TPSA) is 49.6 Å². The third-order valence-electron chi connectivity index (χ3n) is 1.23. The van der Waals surface area contributed by atoms with E-state index in [9.17, 15) is 13.2 Å². The zero-order valence-corrected chi connectivity index (χ0v) is 6.69. The van der Waals surface area contributed by atoms with E-state index in [-0.39, 0.29) is 0 Å². The van der Waals surface area contributed by atoms with Crippen molar-refractivity contribution >= 4 is 11.6 Å². The minimum Gasteiger partial charge on any atom is -0.192 e. The number of nitriles is 1. The maximum atomic E-state index is 12.1. The monoisotopic (exact) mass is 207 g/mol. The van der Waals surface area contributed by atoms with Gasteiger partial charge in [0.15, 0.2) is 5.15 Å². The fourth-order valence-corrected chi connectivity index (χ4v) is 0.872. The van der Waals surface area contributed by atoms with Gasteiger partial charge < -0.3 is 0 Å². The van der Waals surface area contributed by atoms with Gasteiger partial charge in [0.05, 0.1) is 11.8 Å². The number of nitrogens with zero attached hydrogens (tertiary/aromatic N) is 3.